The molecule has 0 amide bonds. The third kappa shape index (κ3) is 3.88. The number of rotatable bonds is 6. The Kier molecular flexibility index (Phi) is 5.28. The minimum atomic E-state index is -0.728. The predicted molar refractivity (Wildman–Crippen MR) is 97.9 cm³/mol. The lowest BCUT2D eigenvalue weighted by Crippen LogP contribution is -2.13. The van der Waals surface area contributed by atoms with Crippen LogP contribution in [-0.2, 0) is 9.53 Å². The van der Waals surface area contributed by atoms with E-state index in [4.69, 9.17) is 16.3 Å². The molecule has 4 nitrogen and oxygen atoms in total. The number of esters is 1. The largest absolute Gasteiger partial charge is 0.454 e. The topological polar surface area (TPSA) is 48.3 Å². The van der Waals surface area contributed by atoms with Crippen molar-refractivity contribution >= 4 is 29.4 Å². The average Bonchev–Trinajstić information content (AvgIpc) is 3.37. The maximum Gasteiger partial charge on any atom is 0.331 e. The highest BCUT2D eigenvalue weighted by atomic mass is 35.5. The smallest absolute Gasteiger partial charge is 0.331 e. The maximum absolute atomic E-state index is 13.6. The van der Waals surface area contributed by atoms with Crippen molar-refractivity contribution in [1.29, 1.82) is 0 Å². The van der Waals surface area contributed by atoms with Crippen LogP contribution in [0.3, 0.4) is 0 Å². The summed E-state index contributed by atoms with van der Waals surface area (Å²) >= 11 is 5.89. The first kappa shape index (κ1) is 18.4. The molecule has 0 atom stereocenters. The van der Waals surface area contributed by atoms with Gasteiger partial charge in [-0.2, -0.15) is 0 Å². The second-order valence-corrected chi connectivity index (χ2v) is 6.79. The number of halogens is 2. The van der Waals surface area contributed by atoms with Crippen LogP contribution in [0.2, 0.25) is 5.02 Å². The number of ketones is 1. The van der Waals surface area contributed by atoms with Gasteiger partial charge < -0.3 is 9.30 Å². The number of Topliss-reactive ketones (excluding diaryl/α,β-unsaturated/α-hetero) is 1. The van der Waals surface area contributed by atoms with E-state index in [9.17, 15) is 14.0 Å². The third-order valence-electron chi connectivity index (χ3n) is 4.43. The van der Waals surface area contributed by atoms with Crippen LogP contribution >= 0.6 is 11.6 Å². The number of ether oxygens (including phenoxy) is 1. The summed E-state index contributed by atoms with van der Waals surface area (Å²) in [5.41, 5.74) is 2.61. The summed E-state index contributed by atoms with van der Waals surface area (Å²) in [5.74, 6) is -1.52. The van der Waals surface area contributed by atoms with Gasteiger partial charge in [-0.1, -0.05) is 17.7 Å². The SMILES string of the molecule is Cc1cc(C(=O)COC(=O)/C=C/c2c(F)cccc2Cl)c(C)n1C1CC1. The number of hydrogen-bond acceptors (Lipinski definition) is 3. The molecule has 3 rings (SSSR count). The molecule has 1 saturated carbocycles. The first-order valence-corrected chi connectivity index (χ1v) is 8.76. The quantitative estimate of drug-likeness (QED) is 0.418. The molecule has 1 aliphatic carbocycles. The van der Waals surface area contributed by atoms with Crippen LogP contribution in [0.25, 0.3) is 6.08 Å². The first-order valence-electron chi connectivity index (χ1n) is 8.39. The van der Waals surface area contributed by atoms with E-state index in [1.807, 2.05) is 19.9 Å². The summed E-state index contributed by atoms with van der Waals surface area (Å²) in [6.07, 6.45) is 4.55. The number of aryl methyl sites for hydroxylation is 1. The summed E-state index contributed by atoms with van der Waals surface area (Å²) < 4.78 is 20.8. The zero-order valence-corrected chi connectivity index (χ0v) is 15.3. The molecule has 0 radical (unpaired) electrons. The number of carbonyl (C=O) groups is 2. The lowest BCUT2D eigenvalue weighted by atomic mass is 10.1. The van der Waals surface area contributed by atoms with Crippen LogP contribution in [0.4, 0.5) is 4.39 Å². The van der Waals surface area contributed by atoms with E-state index in [1.165, 1.54) is 24.3 Å². The second-order valence-electron chi connectivity index (χ2n) is 6.39. The summed E-state index contributed by atoms with van der Waals surface area (Å²) in [6, 6.07) is 6.56. The van der Waals surface area contributed by atoms with Crippen molar-refractivity contribution in [2.45, 2.75) is 32.7 Å². The molecule has 0 N–H and O–H groups in total. The van der Waals surface area contributed by atoms with Gasteiger partial charge in [-0.3, -0.25) is 4.79 Å². The highest BCUT2D eigenvalue weighted by Gasteiger charge is 2.28. The number of hydrogen-bond donors (Lipinski definition) is 0. The molecule has 0 bridgehead atoms. The molecular formula is C20H19ClFNO3. The van der Waals surface area contributed by atoms with E-state index in [-0.39, 0.29) is 23.0 Å². The third-order valence-corrected chi connectivity index (χ3v) is 4.76. The van der Waals surface area contributed by atoms with Crippen molar-refractivity contribution < 1.29 is 18.7 Å². The summed E-state index contributed by atoms with van der Waals surface area (Å²) in [6.45, 7) is 3.51. The van der Waals surface area contributed by atoms with Gasteiger partial charge in [0.2, 0.25) is 5.78 Å². The fraction of sp³-hybridized carbons (Fsp3) is 0.300. The minimum Gasteiger partial charge on any atom is -0.454 e. The molecule has 1 aromatic heterocycles. The van der Waals surface area contributed by atoms with Crippen molar-refractivity contribution in [3.05, 3.63) is 63.7 Å². The van der Waals surface area contributed by atoms with Gasteiger partial charge in [0.25, 0.3) is 0 Å². The maximum atomic E-state index is 13.6. The zero-order valence-electron chi connectivity index (χ0n) is 14.6. The molecule has 6 heteroatoms. The van der Waals surface area contributed by atoms with Gasteiger partial charge in [-0.15, -0.1) is 0 Å². The Bertz CT molecular complexity index is 876. The normalized spacial score (nSPS) is 14.0. The molecular weight excluding hydrogens is 357 g/mol. The first-order chi connectivity index (χ1) is 12.4. The number of nitrogens with zero attached hydrogens (tertiary/aromatic N) is 1. The lowest BCUT2D eigenvalue weighted by molar-refractivity contribution is -0.136. The molecule has 1 aliphatic rings. The predicted octanol–water partition coefficient (Wildman–Crippen LogP) is 4.67. The van der Waals surface area contributed by atoms with Crippen LogP contribution in [0.15, 0.2) is 30.3 Å². The van der Waals surface area contributed by atoms with Gasteiger partial charge in [-0.25, -0.2) is 9.18 Å². The monoisotopic (exact) mass is 375 g/mol. The summed E-state index contributed by atoms with van der Waals surface area (Å²) in [4.78, 5) is 24.2. The molecule has 0 unspecified atom stereocenters. The number of aromatic nitrogens is 1. The minimum absolute atomic E-state index is 0.102. The molecule has 1 heterocycles. The summed E-state index contributed by atoms with van der Waals surface area (Å²) in [7, 11) is 0. The Morgan fingerprint density at radius 2 is 2.08 bits per heavy atom. The van der Waals surface area contributed by atoms with Gasteiger partial charge in [0.1, 0.15) is 5.82 Å². The van der Waals surface area contributed by atoms with Gasteiger partial charge in [0.15, 0.2) is 6.61 Å². The molecule has 0 aliphatic heterocycles. The Hall–Kier alpha value is -2.40. The zero-order chi connectivity index (χ0) is 18.8. The molecule has 0 saturated heterocycles. The molecule has 1 fully saturated rings. The Labute approximate surface area is 156 Å². The van der Waals surface area contributed by atoms with Crippen molar-refractivity contribution in [2.75, 3.05) is 6.61 Å². The van der Waals surface area contributed by atoms with Crippen LogP contribution < -0.4 is 0 Å². The lowest BCUT2D eigenvalue weighted by Gasteiger charge is -2.07. The van der Waals surface area contributed by atoms with E-state index < -0.39 is 11.8 Å². The second kappa shape index (κ2) is 7.46. The summed E-state index contributed by atoms with van der Waals surface area (Å²) in [5, 5.41) is 0.192. The number of carbonyl (C=O) groups excluding carboxylic acids is 2. The van der Waals surface area contributed by atoms with Crippen molar-refractivity contribution in [2.24, 2.45) is 0 Å². The molecule has 1 aromatic carbocycles. The van der Waals surface area contributed by atoms with Gasteiger partial charge in [-0.05, 0) is 51.0 Å². The Morgan fingerprint density at radius 3 is 2.73 bits per heavy atom. The molecule has 0 spiro atoms. The van der Waals surface area contributed by atoms with Crippen LogP contribution in [-0.4, -0.2) is 22.9 Å². The van der Waals surface area contributed by atoms with Crippen molar-refractivity contribution in [1.82, 2.24) is 4.57 Å². The molecule has 136 valence electrons. The Morgan fingerprint density at radius 1 is 1.35 bits per heavy atom. The van der Waals surface area contributed by atoms with Crippen LogP contribution in [0.5, 0.6) is 0 Å². The van der Waals surface area contributed by atoms with E-state index >= 15 is 0 Å². The fourth-order valence-electron chi connectivity index (χ4n) is 3.04. The van der Waals surface area contributed by atoms with Gasteiger partial charge >= 0.3 is 5.97 Å². The van der Waals surface area contributed by atoms with E-state index in [0.717, 1.165) is 30.3 Å². The van der Waals surface area contributed by atoms with E-state index in [0.29, 0.717) is 11.6 Å². The van der Waals surface area contributed by atoms with Gasteiger partial charge in [0.05, 0.1) is 5.02 Å². The van der Waals surface area contributed by atoms with Crippen LogP contribution in [0, 0.1) is 19.7 Å². The highest BCUT2D eigenvalue weighted by Crippen LogP contribution is 2.38. The van der Waals surface area contributed by atoms with Crippen molar-refractivity contribution in [3.8, 4) is 0 Å². The van der Waals surface area contributed by atoms with Gasteiger partial charge in [0, 0.05) is 34.6 Å². The standard InChI is InChI=1S/C20H19ClFNO3/c1-12-10-16(13(2)23(12)14-6-7-14)19(24)11-26-20(25)9-8-15-17(21)4-3-5-18(15)22/h3-5,8-10,14H,6-7,11H2,1-2H3/b9-8+. The highest BCUT2D eigenvalue weighted by molar-refractivity contribution is 6.32. The number of benzene rings is 1. The molecule has 2 aromatic rings. The average molecular weight is 376 g/mol. The van der Waals surface area contributed by atoms with E-state index in [2.05, 4.69) is 4.57 Å². The van der Waals surface area contributed by atoms with E-state index in [1.54, 1.807) is 0 Å². The Balaban J connectivity index is 1.62. The molecule has 26 heavy (non-hydrogen) atoms. The fourth-order valence-corrected chi connectivity index (χ4v) is 3.26. The van der Waals surface area contributed by atoms with Crippen molar-refractivity contribution in [3.63, 3.8) is 0 Å². The van der Waals surface area contributed by atoms with Crippen LogP contribution in [0.1, 0.15) is 46.2 Å².